The molecule has 0 aliphatic rings. The highest BCUT2D eigenvalue weighted by atomic mass is 16.4. The molecule has 19 heavy (non-hydrogen) atoms. The summed E-state index contributed by atoms with van der Waals surface area (Å²) in [6.07, 6.45) is 1.38. The highest BCUT2D eigenvalue weighted by Crippen LogP contribution is 2.10. The van der Waals surface area contributed by atoms with Crippen molar-refractivity contribution in [3.63, 3.8) is 0 Å². The van der Waals surface area contributed by atoms with E-state index in [9.17, 15) is 9.59 Å². The number of nitriles is 1. The molecule has 1 unspecified atom stereocenters. The molecular formula is C13H15N3O3. The summed E-state index contributed by atoms with van der Waals surface area (Å²) in [5, 5.41) is 17.8. The van der Waals surface area contributed by atoms with E-state index in [0.717, 1.165) is 0 Å². The molecular weight excluding hydrogens is 246 g/mol. The van der Waals surface area contributed by atoms with E-state index in [1.54, 1.807) is 13.8 Å². The van der Waals surface area contributed by atoms with Crippen LogP contribution in [0.5, 0.6) is 0 Å². The molecule has 0 aliphatic heterocycles. The average molecular weight is 261 g/mol. The quantitative estimate of drug-likeness (QED) is 0.864. The van der Waals surface area contributed by atoms with E-state index >= 15 is 0 Å². The third-order valence-electron chi connectivity index (χ3n) is 2.62. The molecule has 0 fully saturated rings. The maximum absolute atomic E-state index is 12.2. The van der Waals surface area contributed by atoms with Gasteiger partial charge in [0.1, 0.15) is 5.69 Å². The number of hydrogen-bond donors (Lipinski definition) is 1. The van der Waals surface area contributed by atoms with Crippen LogP contribution in [0.1, 0.15) is 34.7 Å². The predicted octanol–water partition coefficient (Wildman–Crippen LogP) is 1.40. The lowest BCUT2D eigenvalue weighted by molar-refractivity contribution is 0.0671. The fourth-order valence-electron chi connectivity index (χ4n) is 1.63. The Bertz CT molecular complexity index is 522. The molecule has 1 N–H and O–H groups in total. The van der Waals surface area contributed by atoms with Gasteiger partial charge in [-0.2, -0.15) is 5.26 Å². The SMILES string of the molecule is CCN(CC(C)C#N)C(=O)c1ncccc1C(=O)O. The van der Waals surface area contributed by atoms with Gasteiger partial charge in [-0.3, -0.25) is 9.78 Å². The number of aromatic nitrogens is 1. The third kappa shape index (κ3) is 3.52. The van der Waals surface area contributed by atoms with Gasteiger partial charge in [-0.1, -0.05) is 0 Å². The Kier molecular flexibility index (Phi) is 5.01. The summed E-state index contributed by atoms with van der Waals surface area (Å²) in [5.74, 6) is -1.98. The van der Waals surface area contributed by atoms with Crippen LogP contribution in [-0.2, 0) is 0 Å². The minimum atomic E-state index is -1.19. The highest BCUT2D eigenvalue weighted by Gasteiger charge is 2.23. The largest absolute Gasteiger partial charge is 0.478 e. The normalized spacial score (nSPS) is 11.4. The van der Waals surface area contributed by atoms with Gasteiger partial charge in [0.15, 0.2) is 0 Å². The number of carbonyl (C=O) groups excluding carboxylic acids is 1. The average Bonchev–Trinajstić information content (AvgIpc) is 2.43. The number of pyridine rings is 1. The highest BCUT2D eigenvalue weighted by molar-refractivity contribution is 6.03. The Morgan fingerprint density at radius 3 is 2.79 bits per heavy atom. The predicted molar refractivity (Wildman–Crippen MR) is 67.6 cm³/mol. The Labute approximate surface area is 111 Å². The first-order chi connectivity index (χ1) is 9.01. The maximum atomic E-state index is 12.2. The van der Waals surface area contributed by atoms with Gasteiger partial charge in [-0.15, -0.1) is 0 Å². The number of amides is 1. The lowest BCUT2D eigenvalue weighted by Crippen LogP contribution is -2.35. The van der Waals surface area contributed by atoms with Crippen LogP contribution in [-0.4, -0.2) is 40.0 Å². The minimum absolute atomic E-state index is 0.0954. The summed E-state index contributed by atoms with van der Waals surface area (Å²) in [7, 11) is 0. The van der Waals surface area contributed by atoms with Crippen molar-refractivity contribution in [3.05, 3.63) is 29.6 Å². The van der Waals surface area contributed by atoms with Crippen molar-refractivity contribution >= 4 is 11.9 Å². The van der Waals surface area contributed by atoms with Crippen molar-refractivity contribution in [2.24, 2.45) is 5.92 Å². The molecule has 0 aliphatic carbocycles. The zero-order valence-electron chi connectivity index (χ0n) is 10.8. The molecule has 1 rings (SSSR count). The summed E-state index contributed by atoms with van der Waals surface area (Å²) < 4.78 is 0. The van der Waals surface area contributed by atoms with E-state index < -0.39 is 11.9 Å². The molecule has 0 spiro atoms. The second-order valence-corrected chi connectivity index (χ2v) is 4.08. The Hall–Kier alpha value is -2.42. The first-order valence-electron chi connectivity index (χ1n) is 5.88. The van der Waals surface area contributed by atoms with Crippen LogP contribution in [0, 0.1) is 17.2 Å². The lowest BCUT2D eigenvalue weighted by Gasteiger charge is -2.22. The van der Waals surface area contributed by atoms with E-state index in [1.807, 2.05) is 6.07 Å². The van der Waals surface area contributed by atoms with Gasteiger partial charge in [0.2, 0.25) is 0 Å². The van der Waals surface area contributed by atoms with Crippen LogP contribution in [0.3, 0.4) is 0 Å². The van der Waals surface area contributed by atoms with Gasteiger partial charge in [0, 0.05) is 19.3 Å². The van der Waals surface area contributed by atoms with Crippen molar-refractivity contribution in [3.8, 4) is 6.07 Å². The molecule has 1 heterocycles. The van der Waals surface area contributed by atoms with E-state index in [1.165, 1.54) is 23.2 Å². The fourth-order valence-corrected chi connectivity index (χ4v) is 1.63. The molecule has 0 saturated heterocycles. The van der Waals surface area contributed by atoms with Crippen LogP contribution >= 0.6 is 0 Å². The Morgan fingerprint density at radius 2 is 2.26 bits per heavy atom. The lowest BCUT2D eigenvalue weighted by atomic mass is 10.1. The van der Waals surface area contributed by atoms with Crippen LogP contribution < -0.4 is 0 Å². The van der Waals surface area contributed by atoms with Gasteiger partial charge in [0.05, 0.1) is 17.6 Å². The molecule has 0 bridgehead atoms. The van der Waals surface area contributed by atoms with Crippen molar-refractivity contribution in [1.82, 2.24) is 9.88 Å². The molecule has 1 aromatic heterocycles. The standard InChI is InChI=1S/C13H15N3O3/c1-3-16(8-9(2)7-14)12(17)11-10(13(18)19)5-4-6-15-11/h4-6,9H,3,8H2,1-2H3,(H,18,19). The van der Waals surface area contributed by atoms with Crippen LogP contribution in [0.4, 0.5) is 0 Å². The van der Waals surface area contributed by atoms with E-state index in [2.05, 4.69) is 4.98 Å². The Morgan fingerprint density at radius 1 is 1.58 bits per heavy atom. The van der Waals surface area contributed by atoms with Gasteiger partial charge in [-0.25, -0.2) is 4.79 Å². The summed E-state index contributed by atoms with van der Waals surface area (Å²) in [6, 6.07) is 4.85. The fraction of sp³-hybridized carbons (Fsp3) is 0.385. The molecule has 6 heteroatoms. The van der Waals surface area contributed by atoms with Gasteiger partial charge >= 0.3 is 5.97 Å². The monoisotopic (exact) mass is 261 g/mol. The van der Waals surface area contributed by atoms with Crippen molar-refractivity contribution in [1.29, 1.82) is 5.26 Å². The van der Waals surface area contributed by atoms with Gasteiger partial charge in [0.25, 0.3) is 5.91 Å². The third-order valence-corrected chi connectivity index (χ3v) is 2.62. The number of aromatic carboxylic acids is 1. The van der Waals surface area contributed by atoms with Crippen LogP contribution in [0.2, 0.25) is 0 Å². The Balaban J connectivity index is 3.05. The zero-order chi connectivity index (χ0) is 14.4. The van der Waals surface area contributed by atoms with Gasteiger partial charge < -0.3 is 10.0 Å². The van der Waals surface area contributed by atoms with E-state index in [-0.39, 0.29) is 23.7 Å². The summed E-state index contributed by atoms with van der Waals surface area (Å²) in [5.41, 5.74) is -0.224. The van der Waals surface area contributed by atoms with Crippen LogP contribution in [0.25, 0.3) is 0 Å². The molecule has 100 valence electrons. The van der Waals surface area contributed by atoms with Crippen molar-refractivity contribution in [2.75, 3.05) is 13.1 Å². The smallest absolute Gasteiger partial charge is 0.338 e. The molecule has 1 amide bonds. The van der Waals surface area contributed by atoms with Crippen molar-refractivity contribution in [2.45, 2.75) is 13.8 Å². The topological polar surface area (TPSA) is 94.3 Å². The summed E-state index contributed by atoms with van der Waals surface area (Å²) in [4.78, 5) is 28.6. The van der Waals surface area contributed by atoms with Crippen molar-refractivity contribution < 1.29 is 14.7 Å². The number of carboxylic acid groups (broad SMARTS) is 1. The first-order valence-corrected chi connectivity index (χ1v) is 5.88. The van der Waals surface area contributed by atoms with Crippen LogP contribution in [0.15, 0.2) is 18.3 Å². The molecule has 0 radical (unpaired) electrons. The molecule has 1 aromatic rings. The number of rotatable bonds is 5. The maximum Gasteiger partial charge on any atom is 0.338 e. The number of carboxylic acids is 1. The molecule has 6 nitrogen and oxygen atoms in total. The van der Waals surface area contributed by atoms with E-state index in [4.69, 9.17) is 10.4 Å². The molecule has 0 saturated carbocycles. The van der Waals surface area contributed by atoms with E-state index in [0.29, 0.717) is 6.54 Å². The minimum Gasteiger partial charge on any atom is -0.478 e. The second kappa shape index (κ2) is 6.50. The first kappa shape index (κ1) is 14.6. The number of carbonyl (C=O) groups is 2. The van der Waals surface area contributed by atoms with Gasteiger partial charge in [-0.05, 0) is 26.0 Å². The number of hydrogen-bond acceptors (Lipinski definition) is 4. The second-order valence-electron chi connectivity index (χ2n) is 4.08. The molecule has 1 atom stereocenters. The summed E-state index contributed by atoms with van der Waals surface area (Å²) in [6.45, 7) is 4.11. The molecule has 0 aromatic carbocycles. The number of nitrogens with zero attached hydrogens (tertiary/aromatic N) is 3. The zero-order valence-corrected chi connectivity index (χ0v) is 10.8. The summed E-state index contributed by atoms with van der Waals surface area (Å²) >= 11 is 0.